The van der Waals surface area contributed by atoms with Gasteiger partial charge in [0.2, 0.25) is 5.89 Å². The summed E-state index contributed by atoms with van der Waals surface area (Å²) in [4.78, 5) is 0.121. The molecule has 0 aliphatic rings. The molecule has 0 aromatic carbocycles. The lowest BCUT2D eigenvalue weighted by molar-refractivity contribution is 0.500. The largest absolute Gasteiger partial charge is 0.419 e. The molecule has 1 N–H and O–H groups in total. The third-order valence-corrected chi connectivity index (χ3v) is 2.85. The van der Waals surface area contributed by atoms with Gasteiger partial charge in [0.15, 0.2) is 0 Å². The minimum atomic E-state index is 0.121. The van der Waals surface area contributed by atoms with E-state index in [1.54, 1.807) is 12.4 Å². The zero-order valence-electron chi connectivity index (χ0n) is 7.57. The number of aromatic nitrogens is 4. The van der Waals surface area contributed by atoms with Crippen molar-refractivity contribution in [3.63, 3.8) is 0 Å². The molecule has 0 fully saturated rings. The highest BCUT2D eigenvalue weighted by atomic mass is 79.9. The van der Waals surface area contributed by atoms with Crippen molar-refractivity contribution in [1.29, 1.82) is 0 Å². The first-order chi connectivity index (χ1) is 6.81. The molecule has 6 heteroatoms. The van der Waals surface area contributed by atoms with Crippen LogP contribution in [0.15, 0.2) is 16.8 Å². The van der Waals surface area contributed by atoms with Crippen molar-refractivity contribution in [2.45, 2.75) is 18.2 Å². The Labute approximate surface area is 89.1 Å². The monoisotopic (exact) mass is 256 g/mol. The lowest BCUT2D eigenvalue weighted by atomic mass is 10.3. The molecule has 2 heterocycles. The van der Waals surface area contributed by atoms with Crippen LogP contribution in [0.2, 0.25) is 0 Å². The maximum atomic E-state index is 5.45. The van der Waals surface area contributed by atoms with Crippen LogP contribution in [0.4, 0.5) is 0 Å². The summed E-state index contributed by atoms with van der Waals surface area (Å²) in [6.07, 6.45) is 4.27. The summed E-state index contributed by atoms with van der Waals surface area (Å²) in [5.41, 5.74) is 0.805. The van der Waals surface area contributed by atoms with E-state index in [1.165, 1.54) is 0 Å². The van der Waals surface area contributed by atoms with Crippen LogP contribution in [0.3, 0.4) is 0 Å². The molecule has 1 atom stereocenters. The Hall–Kier alpha value is -1.17. The van der Waals surface area contributed by atoms with Crippen LogP contribution < -0.4 is 0 Å². The van der Waals surface area contributed by atoms with E-state index in [-0.39, 0.29) is 4.83 Å². The van der Waals surface area contributed by atoms with Crippen molar-refractivity contribution in [3.8, 4) is 11.5 Å². The van der Waals surface area contributed by atoms with Crippen LogP contribution in [0.5, 0.6) is 0 Å². The van der Waals surface area contributed by atoms with Gasteiger partial charge in [0.25, 0.3) is 5.89 Å². The zero-order valence-corrected chi connectivity index (χ0v) is 9.15. The van der Waals surface area contributed by atoms with Gasteiger partial charge >= 0.3 is 0 Å². The first-order valence-corrected chi connectivity index (χ1v) is 5.19. The standard InChI is InChI=1S/C8H9BrN4O/c1-2-6(9)8-13-12-7(14-8)5-3-10-11-4-5/h3-4,6H,2H2,1H3,(H,10,11). The molecule has 0 saturated heterocycles. The molecule has 2 aromatic rings. The highest BCUT2D eigenvalue weighted by molar-refractivity contribution is 9.09. The lowest BCUT2D eigenvalue weighted by Crippen LogP contribution is -1.86. The summed E-state index contributed by atoms with van der Waals surface area (Å²) in [6.45, 7) is 2.04. The second-order valence-corrected chi connectivity index (χ2v) is 3.91. The number of nitrogens with zero attached hydrogens (tertiary/aromatic N) is 3. The van der Waals surface area contributed by atoms with E-state index < -0.39 is 0 Å². The molecule has 0 spiro atoms. The van der Waals surface area contributed by atoms with Gasteiger partial charge in [-0.2, -0.15) is 5.10 Å². The van der Waals surface area contributed by atoms with Crippen LogP contribution in [-0.4, -0.2) is 20.4 Å². The van der Waals surface area contributed by atoms with E-state index in [4.69, 9.17) is 4.42 Å². The highest BCUT2D eigenvalue weighted by Gasteiger charge is 2.14. The fourth-order valence-electron chi connectivity index (χ4n) is 1.02. The number of rotatable bonds is 3. The van der Waals surface area contributed by atoms with E-state index in [1.807, 2.05) is 6.92 Å². The summed E-state index contributed by atoms with van der Waals surface area (Å²) in [5, 5.41) is 14.4. The predicted molar refractivity (Wildman–Crippen MR) is 53.8 cm³/mol. The number of aromatic amines is 1. The van der Waals surface area contributed by atoms with E-state index in [0.29, 0.717) is 11.8 Å². The molecule has 0 bridgehead atoms. The van der Waals surface area contributed by atoms with E-state index in [2.05, 4.69) is 36.3 Å². The maximum Gasteiger partial charge on any atom is 0.250 e. The Morgan fingerprint density at radius 2 is 2.43 bits per heavy atom. The van der Waals surface area contributed by atoms with Gasteiger partial charge in [-0.05, 0) is 6.42 Å². The van der Waals surface area contributed by atoms with Crippen molar-refractivity contribution in [3.05, 3.63) is 18.3 Å². The molecule has 0 saturated carbocycles. The second kappa shape index (κ2) is 3.91. The molecule has 0 radical (unpaired) electrons. The molecular formula is C8H9BrN4O. The molecular weight excluding hydrogens is 248 g/mol. The summed E-state index contributed by atoms with van der Waals surface area (Å²) < 4.78 is 5.45. The van der Waals surface area contributed by atoms with Crippen molar-refractivity contribution >= 4 is 15.9 Å². The first-order valence-electron chi connectivity index (χ1n) is 4.28. The topological polar surface area (TPSA) is 67.6 Å². The van der Waals surface area contributed by atoms with Gasteiger partial charge in [0, 0.05) is 6.20 Å². The third kappa shape index (κ3) is 1.70. The van der Waals surface area contributed by atoms with Crippen molar-refractivity contribution in [2.24, 2.45) is 0 Å². The normalized spacial score (nSPS) is 13.0. The molecule has 74 valence electrons. The fourth-order valence-corrected chi connectivity index (χ4v) is 1.21. The molecule has 14 heavy (non-hydrogen) atoms. The average molecular weight is 257 g/mol. The van der Waals surface area contributed by atoms with Crippen LogP contribution in [-0.2, 0) is 0 Å². The Kier molecular flexibility index (Phi) is 2.62. The van der Waals surface area contributed by atoms with Gasteiger partial charge < -0.3 is 4.42 Å². The van der Waals surface area contributed by atoms with E-state index >= 15 is 0 Å². The third-order valence-electron chi connectivity index (χ3n) is 1.81. The summed E-state index contributed by atoms with van der Waals surface area (Å²) in [6, 6.07) is 0. The van der Waals surface area contributed by atoms with Crippen molar-refractivity contribution in [2.75, 3.05) is 0 Å². The highest BCUT2D eigenvalue weighted by Crippen LogP contribution is 2.27. The van der Waals surface area contributed by atoms with E-state index in [0.717, 1.165) is 12.0 Å². The summed E-state index contributed by atoms with van der Waals surface area (Å²) in [5.74, 6) is 1.09. The lowest BCUT2D eigenvalue weighted by Gasteiger charge is -1.97. The van der Waals surface area contributed by atoms with Gasteiger partial charge in [0.05, 0.1) is 16.6 Å². The number of hydrogen-bond donors (Lipinski definition) is 1. The predicted octanol–water partition coefficient (Wildman–Crippen LogP) is 2.31. The summed E-state index contributed by atoms with van der Waals surface area (Å²) in [7, 11) is 0. The SMILES string of the molecule is CCC(Br)c1nnc(-c2cn[nH]c2)o1. The molecule has 0 aliphatic carbocycles. The molecule has 2 aromatic heterocycles. The van der Waals surface area contributed by atoms with Gasteiger partial charge in [-0.3, -0.25) is 5.10 Å². The number of hydrogen-bond acceptors (Lipinski definition) is 4. The molecule has 1 unspecified atom stereocenters. The van der Waals surface area contributed by atoms with Gasteiger partial charge in [-0.25, -0.2) is 0 Å². The number of H-pyrrole nitrogens is 1. The number of nitrogens with one attached hydrogen (secondary N) is 1. The molecule has 0 amide bonds. The van der Waals surface area contributed by atoms with Crippen molar-refractivity contribution in [1.82, 2.24) is 20.4 Å². The number of alkyl halides is 1. The smallest absolute Gasteiger partial charge is 0.250 e. The Bertz CT molecular complexity index is 397. The molecule has 0 aliphatic heterocycles. The number of halogens is 1. The van der Waals surface area contributed by atoms with Gasteiger partial charge in [-0.1, -0.05) is 22.9 Å². The van der Waals surface area contributed by atoms with Gasteiger partial charge in [0.1, 0.15) is 0 Å². The average Bonchev–Trinajstić information content (AvgIpc) is 2.86. The maximum absolute atomic E-state index is 5.45. The second-order valence-electron chi connectivity index (χ2n) is 2.81. The zero-order chi connectivity index (χ0) is 9.97. The Balaban J connectivity index is 2.26. The van der Waals surface area contributed by atoms with Gasteiger partial charge in [-0.15, -0.1) is 10.2 Å². The van der Waals surface area contributed by atoms with Crippen LogP contribution in [0, 0.1) is 0 Å². The van der Waals surface area contributed by atoms with Crippen LogP contribution in [0.25, 0.3) is 11.5 Å². The quantitative estimate of drug-likeness (QED) is 0.856. The van der Waals surface area contributed by atoms with Crippen LogP contribution >= 0.6 is 15.9 Å². The minimum absolute atomic E-state index is 0.121. The molecule has 2 rings (SSSR count). The minimum Gasteiger partial charge on any atom is -0.419 e. The van der Waals surface area contributed by atoms with E-state index in [9.17, 15) is 0 Å². The fraction of sp³-hybridized carbons (Fsp3) is 0.375. The first kappa shape index (κ1) is 9.39. The Morgan fingerprint density at radius 1 is 1.57 bits per heavy atom. The van der Waals surface area contributed by atoms with Crippen LogP contribution in [0.1, 0.15) is 24.1 Å². The summed E-state index contributed by atoms with van der Waals surface area (Å²) >= 11 is 3.44. The van der Waals surface area contributed by atoms with Crippen molar-refractivity contribution < 1.29 is 4.42 Å². The molecule has 5 nitrogen and oxygen atoms in total. The Morgan fingerprint density at radius 3 is 3.07 bits per heavy atom.